The highest BCUT2D eigenvalue weighted by Crippen LogP contribution is 2.53. The fourth-order valence-electron chi connectivity index (χ4n) is 7.17. The number of anilines is 2. The lowest BCUT2D eigenvalue weighted by Gasteiger charge is -2.21. The summed E-state index contributed by atoms with van der Waals surface area (Å²) in [7, 11) is 1.83. The van der Waals surface area contributed by atoms with Crippen molar-refractivity contribution < 1.29 is 23.6 Å². The van der Waals surface area contributed by atoms with E-state index in [1.165, 1.54) is 0 Å². The van der Waals surface area contributed by atoms with Gasteiger partial charge in [-0.2, -0.15) is 0 Å². The second kappa shape index (κ2) is 8.67. The minimum atomic E-state index is -0.774. The van der Waals surface area contributed by atoms with Crippen LogP contribution in [-0.2, 0) is 20.4 Å². The number of amides is 2. The van der Waals surface area contributed by atoms with E-state index in [-0.39, 0.29) is 11.8 Å². The number of ether oxygens (including phenoxy) is 2. The third kappa shape index (κ3) is 3.07. The van der Waals surface area contributed by atoms with E-state index in [4.69, 9.17) is 14.0 Å². The Morgan fingerprint density at radius 1 is 0.864 bits per heavy atom. The van der Waals surface area contributed by atoms with E-state index in [0.717, 1.165) is 60.7 Å². The van der Waals surface area contributed by atoms with Gasteiger partial charge in [-0.1, -0.05) is 41.6 Å². The van der Waals surface area contributed by atoms with E-state index in [2.05, 4.69) is 21.5 Å². The smallest absolute Gasteiger partial charge is 0.245 e. The van der Waals surface area contributed by atoms with Crippen molar-refractivity contribution in [3.63, 3.8) is 0 Å². The maximum absolute atomic E-state index is 13.1. The molecule has 10 heteroatoms. The van der Waals surface area contributed by atoms with Crippen LogP contribution < -0.4 is 19.7 Å². The van der Waals surface area contributed by atoms with Gasteiger partial charge in [-0.3, -0.25) is 9.59 Å². The van der Waals surface area contributed by atoms with E-state index >= 15 is 0 Å². The molecule has 0 fully saturated rings. The van der Waals surface area contributed by atoms with Crippen LogP contribution >= 0.6 is 11.3 Å². The number of carbonyl (C=O) groups is 2. The number of para-hydroxylation sites is 2. The number of carbonyl (C=O) groups excluding carboxylic acids is 2. The average molecular weight is 601 g/mol. The van der Waals surface area contributed by atoms with Crippen LogP contribution in [0.4, 0.5) is 11.4 Å². The fourth-order valence-corrected chi connectivity index (χ4v) is 7.87. The molecule has 2 amide bonds. The molecule has 6 heterocycles. The number of nitrogens with zero attached hydrogens (tertiary/aromatic N) is 3. The first-order valence-corrected chi connectivity index (χ1v) is 15.1. The summed E-state index contributed by atoms with van der Waals surface area (Å²) in [6.07, 6.45) is 0. The first-order chi connectivity index (χ1) is 21.4. The minimum absolute atomic E-state index is 0.0408. The van der Waals surface area contributed by atoms with Crippen molar-refractivity contribution in [3.8, 4) is 11.5 Å². The molecule has 44 heavy (non-hydrogen) atoms. The molecule has 2 unspecified atom stereocenters. The number of nitrogens with one attached hydrogen (secondary N) is 1. The maximum Gasteiger partial charge on any atom is 0.245 e. The van der Waals surface area contributed by atoms with Gasteiger partial charge in [0.15, 0.2) is 5.58 Å². The predicted molar refractivity (Wildman–Crippen MR) is 166 cm³/mol. The molecule has 0 saturated heterocycles. The Morgan fingerprint density at radius 3 is 2.45 bits per heavy atom. The van der Waals surface area contributed by atoms with Crippen molar-refractivity contribution >= 4 is 55.7 Å². The summed E-state index contributed by atoms with van der Waals surface area (Å²) < 4.78 is 18.1. The molecule has 6 aromatic rings. The summed E-state index contributed by atoms with van der Waals surface area (Å²) >= 11 is 1.59. The number of likely N-dealkylation sites (N-methyl/N-ethyl adjacent to an activating group) is 1. The molecule has 216 valence electrons. The van der Waals surface area contributed by atoms with E-state index in [0.29, 0.717) is 24.5 Å². The number of aryl methyl sites for hydroxylation is 1. The number of thiazole rings is 1. The topological polar surface area (TPSA) is 107 Å². The molecule has 4 aliphatic heterocycles. The molecule has 2 aromatic heterocycles. The Bertz CT molecular complexity index is 2220. The normalized spacial score (nSPS) is 22.0. The minimum Gasteiger partial charge on any atom is -0.491 e. The van der Waals surface area contributed by atoms with Crippen molar-refractivity contribution in [2.75, 3.05) is 30.5 Å². The standard InChI is InChI=1S/C17H12N2O3.C17H12N2O2S/c1-9-10-6-12-15(7-14(10)22-19-9)21-8-17(12)11-4-2-3-5-13(11)18-16(17)20;1-19-13-5-3-2-4-10(13)17(16(19)20)8-21-14-7-12-15(6-11(14)17)22-9-18-12/h2-7H,8H2,1H3,(H,18,20);2-7,9H,8H2,1H3. The van der Waals surface area contributed by atoms with Crippen LogP contribution in [-0.4, -0.2) is 42.2 Å². The second-order valence-electron chi connectivity index (χ2n) is 11.6. The van der Waals surface area contributed by atoms with Gasteiger partial charge in [0.25, 0.3) is 0 Å². The predicted octanol–water partition coefficient (Wildman–Crippen LogP) is 5.72. The molecule has 1 N–H and O–H groups in total. The SMILES string of the molecule is CN1C(=O)C2(COc3cc4ncsc4cc32)c2ccccc21.Cc1noc2cc3c(cc12)C1(CO3)C(=O)Nc2ccccc21. The Morgan fingerprint density at radius 2 is 1.59 bits per heavy atom. The van der Waals surface area contributed by atoms with Gasteiger partial charge in [0.1, 0.15) is 35.5 Å². The van der Waals surface area contributed by atoms with E-state index < -0.39 is 10.8 Å². The van der Waals surface area contributed by atoms with Crippen LogP contribution in [0.1, 0.15) is 27.9 Å². The molecule has 0 aliphatic carbocycles. The van der Waals surface area contributed by atoms with Gasteiger partial charge >= 0.3 is 0 Å². The third-order valence-corrected chi connectivity index (χ3v) is 10.2. The second-order valence-corrected chi connectivity index (χ2v) is 12.4. The molecule has 0 radical (unpaired) electrons. The van der Waals surface area contributed by atoms with Crippen molar-refractivity contribution in [3.05, 3.63) is 106 Å². The lowest BCUT2D eigenvalue weighted by Crippen LogP contribution is -2.40. The molecule has 2 spiro atoms. The van der Waals surface area contributed by atoms with Gasteiger partial charge in [-0.25, -0.2) is 4.98 Å². The number of aromatic nitrogens is 2. The van der Waals surface area contributed by atoms with E-state index in [1.54, 1.807) is 16.2 Å². The van der Waals surface area contributed by atoms with Crippen LogP contribution in [0, 0.1) is 6.92 Å². The Hall–Kier alpha value is -5.22. The van der Waals surface area contributed by atoms with Gasteiger partial charge in [0.2, 0.25) is 11.8 Å². The zero-order chi connectivity index (χ0) is 29.8. The van der Waals surface area contributed by atoms with Gasteiger partial charge in [-0.05, 0) is 42.3 Å². The summed E-state index contributed by atoms with van der Waals surface area (Å²) in [5.41, 5.74) is 8.42. The summed E-state index contributed by atoms with van der Waals surface area (Å²) in [5.74, 6) is 1.50. The Kier molecular flexibility index (Phi) is 4.98. The highest BCUT2D eigenvalue weighted by atomic mass is 32.1. The zero-order valence-corrected chi connectivity index (χ0v) is 24.5. The summed E-state index contributed by atoms with van der Waals surface area (Å²) in [4.78, 5) is 31.9. The lowest BCUT2D eigenvalue weighted by molar-refractivity contribution is -0.122. The molecular weight excluding hydrogens is 576 g/mol. The van der Waals surface area contributed by atoms with Crippen molar-refractivity contribution in [1.82, 2.24) is 10.1 Å². The van der Waals surface area contributed by atoms with Crippen LogP contribution in [0.5, 0.6) is 11.5 Å². The fraction of sp³-hybridized carbons (Fsp3) is 0.176. The quantitative estimate of drug-likeness (QED) is 0.238. The first kappa shape index (κ1) is 25.3. The van der Waals surface area contributed by atoms with Gasteiger partial charge in [-0.15, -0.1) is 11.3 Å². The number of benzene rings is 4. The van der Waals surface area contributed by atoms with Gasteiger partial charge in [0, 0.05) is 47.1 Å². The molecule has 4 aromatic carbocycles. The molecule has 2 atom stereocenters. The van der Waals surface area contributed by atoms with E-state index in [1.807, 2.05) is 86.2 Å². The Balaban J connectivity index is 0.000000123. The molecule has 0 bridgehead atoms. The van der Waals surface area contributed by atoms with Gasteiger partial charge in [0.05, 0.1) is 21.4 Å². The third-order valence-electron chi connectivity index (χ3n) is 9.41. The monoisotopic (exact) mass is 600 g/mol. The summed E-state index contributed by atoms with van der Waals surface area (Å²) in [5, 5.41) is 7.87. The largest absolute Gasteiger partial charge is 0.491 e. The van der Waals surface area contributed by atoms with Crippen LogP contribution in [0.15, 0.2) is 82.8 Å². The molecule has 4 aliphatic rings. The highest BCUT2D eigenvalue weighted by Gasteiger charge is 2.56. The van der Waals surface area contributed by atoms with Gasteiger partial charge < -0.3 is 24.2 Å². The summed E-state index contributed by atoms with van der Waals surface area (Å²) in [6.45, 7) is 2.56. The maximum atomic E-state index is 13.1. The number of hydrogen-bond acceptors (Lipinski definition) is 8. The molecule has 0 saturated carbocycles. The van der Waals surface area contributed by atoms with Crippen LogP contribution in [0.25, 0.3) is 21.2 Å². The molecule has 10 rings (SSSR count). The summed E-state index contributed by atoms with van der Waals surface area (Å²) in [6, 6.07) is 23.6. The van der Waals surface area contributed by atoms with E-state index in [9.17, 15) is 9.59 Å². The number of rotatable bonds is 0. The van der Waals surface area contributed by atoms with Crippen LogP contribution in [0.2, 0.25) is 0 Å². The molecular formula is C34H24N4O5S. The van der Waals surface area contributed by atoms with Crippen molar-refractivity contribution in [2.24, 2.45) is 0 Å². The lowest BCUT2D eigenvalue weighted by atomic mass is 9.77. The highest BCUT2D eigenvalue weighted by molar-refractivity contribution is 7.16. The first-order valence-electron chi connectivity index (χ1n) is 14.2. The zero-order valence-electron chi connectivity index (χ0n) is 23.7. The van der Waals surface area contributed by atoms with Crippen molar-refractivity contribution in [1.29, 1.82) is 0 Å². The average Bonchev–Trinajstić information content (AvgIpc) is 3.89. The number of fused-ring (bicyclic) bond motifs is 10. The molecule has 9 nitrogen and oxygen atoms in total. The number of hydrogen-bond donors (Lipinski definition) is 1. The Labute approximate surface area is 255 Å². The van der Waals surface area contributed by atoms with Crippen LogP contribution in [0.3, 0.4) is 0 Å². The van der Waals surface area contributed by atoms with Crippen molar-refractivity contribution in [2.45, 2.75) is 17.8 Å².